The van der Waals surface area contributed by atoms with E-state index < -0.39 is 0 Å². The van der Waals surface area contributed by atoms with Gasteiger partial charge in [0.15, 0.2) is 6.10 Å². The lowest BCUT2D eigenvalue weighted by atomic mass is 10.0. The maximum Gasteiger partial charge on any atom is 0.318 e. The van der Waals surface area contributed by atoms with E-state index in [2.05, 4.69) is 10.5 Å². The zero-order chi connectivity index (χ0) is 20.1. The number of hydrogen-bond acceptors (Lipinski definition) is 3. The molecule has 0 aliphatic carbocycles. The van der Waals surface area contributed by atoms with Gasteiger partial charge in [-0.2, -0.15) is 0 Å². The van der Waals surface area contributed by atoms with E-state index >= 15 is 0 Å². The number of halogens is 2. The second-order valence-corrected chi connectivity index (χ2v) is 7.09. The molecule has 3 rings (SSSR count). The maximum absolute atomic E-state index is 13.5. The molecule has 1 atom stereocenters. The first-order valence-electron chi connectivity index (χ1n) is 9.19. The van der Waals surface area contributed by atoms with Gasteiger partial charge in [0.2, 0.25) is 0 Å². The van der Waals surface area contributed by atoms with Crippen LogP contribution in [0.25, 0.3) is 0 Å². The highest BCUT2D eigenvalue weighted by atomic mass is 19.1. The van der Waals surface area contributed by atoms with E-state index in [-0.39, 0.29) is 36.4 Å². The maximum atomic E-state index is 13.5. The quantitative estimate of drug-likeness (QED) is 0.812. The normalized spacial score (nSPS) is 15.9. The zero-order valence-electron chi connectivity index (χ0n) is 15.9. The van der Waals surface area contributed by atoms with Gasteiger partial charge < -0.3 is 15.1 Å². The first-order chi connectivity index (χ1) is 13.4. The number of rotatable bonds is 6. The number of nitrogens with one attached hydrogen (secondary N) is 1. The van der Waals surface area contributed by atoms with Gasteiger partial charge in [-0.1, -0.05) is 29.4 Å². The zero-order valence-corrected chi connectivity index (χ0v) is 15.9. The fourth-order valence-electron chi connectivity index (χ4n) is 3.00. The van der Waals surface area contributed by atoms with Gasteiger partial charge in [0.05, 0.1) is 12.3 Å². The fraction of sp³-hybridized carbons (Fsp3) is 0.333. The van der Waals surface area contributed by atoms with Crippen LogP contribution in [0.15, 0.2) is 53.7 Å². The topological polar surface area (TPSA) is 53.9 Å². The summed E-state index contributed by atoms with van der Waals surface area (Å²) in [5.41, 5.74) is 2.18. The van der Waals surface area contributed by atoms with Crippen LogP contribution in [0.4, 0.5) is 13.6 Å². The van der Waals surface area contributed by atoms with Crippen LogP contribution in [0.5, 0.6) is 0 Å². The van der Waals surface area contributed by atoms with Crippen molar-refractivity contribution in [1.29, 1.82) is 0 Å². The van der Waals surface area contributed by atoms with Gasteiger partial charge in [-0.25, -0.2) is 13.6 Å². The van der Waals surface area contributed by atoms with Gasteiger partial charge in [0, 0.05) is 19.0 Å². The minimum absolute atomic E-state index is 0.0296. The van der Waals surface area contributed by atoms with Gasteiger partial charge in [-0.3, -0.25) is 0 Å². The smallest absolute Gasteiger partial charge is 0.318 e. The van der Waals surface area contributed by atoms with Crippen LogP contribution in [0.3, 0.4) is 0 Å². The second kappa shape index (κ2) is 8.82. The Morgan fingerprint density at radius 2 is 1.96 bits per heavy atom. The Kier molecular flexibility index (Phi) is 6.23. The van der Waals surface area contributed by atoms with Crippen molar-refractivity contribution in [2.75, 3.05) is 6.54 Å². The third-order valence-corrected chi connectivity index (χ3v) is 4.30. The SMILES string of the molecule is CC(C)NC(=O)N(Cc1cccc(F)c1)C[C@H]1CC(c2ccc(F)cc2)=NO1. The van der Waals surface area contributed by atoms with Crippen molar-refractivity contribution >= 4 is 11.7 Å². The van der Waals surface area contributed by atoms with E-state index in [4.69, 9.17) is 4.84 Å². The molecule has 7 heteroatoms. The van der Waals surface area contributed by atoms with Crippen LogP contribution in [-0.2, 0) is 11.4 Å². The molecule has 0 fully saturated rings. The summed E-state index contributed by atoms with van der Waals surface area (Å²) in [6.07, 6.45) is 0.173. The molecule has 1 aliphatic rings. The Morgan fingerprint density at radius 1 is 1.21 bits per heavy atom. The molecule has 1 N–H and O–H groups in total. The molecular weight excluding hydrogens is 364 g/mol. The molecular formula is C21H23F2N3O2. The van der Waals surface area contributed by atoms with Crippen LogP contribution in [-0.4, -0.2) is 35.3 Å². The molecule has 2 amide bonds. The number of hydrogen-bond donors (Lipinski definition) is 1. The van der Waals surface area contributed by atoms with Gasteiger partial charge >= 0.3 is 6.03 Å². The minimum atomic E-state index is -0.347. The number of amides is 2. The largest absolute Gasteiger partial charge is 0.390 e. The highest BCUT2D eigenvalue weighted by molar-refractivity contribution is 6.01. The lowest BCUT2D eigenvalue weighted by Gasteiger charge is -2.26. The minimum Gasteiger partial charge on any atom is -0.390 e. The van der Waals surface area contributed by atoms with E-state index in [1.165, 1.54) is 24.3 Å². The van der Waals surface area contributed by atoms with Crippen LogP contribution in [0.2, 0.25) is 0 Å². The van der Waals surface area contributed by atoms with Crippen LogP contribution >= 0.6 is 0 Å². The van der Waals surface area contributed by atoms with Crippen molar-refractivity contribution in [3.05, 3.63) is 71.3 Å². The third kappa shape index (κ3) is 5.28. The average Bonchev–Trinajstić information content (AvgIpc) is 3.10. The molecule has 28 heavy (non-hydrogen) atoms. The lowest BCUT2D eigenvalue weighted by molar-refractivity contribution is 0.0586. The molecule has 5 nitrogen and oxygen atoms in total. The Bertz CT molecular complexity index is 853. The molecule has 148 valence electrons. The van der Waals surface area contributed by atoms with Crippen molar-refractivity contribution < 1.29 is 18.4 Å². The van der Waals surface area contributed by atoms with Gasteiger partial charge in [-0.15, -0.1) is 0 Å². The Labute approximate surface area is 163 Å². The number of urea groups is 1. The number of oxime groups is 1. The first-order valence-corrected chi connectivity index (χ1v) is 9.19. The summed E-state index contributed by atoms with van der Waals surface area (Å²) in [6.45, 7) is 4.30. The number of benzene rings is 2. The van der Waals surface area contributed by atoms with Crippen LogP contribution < -0.4 is 5.32 Å². The second-order valence-electron chi connectivity index (χ2n) is 7.09. The summed E-state index contributed by atoms with van der Waals surface area (Å²) in [7, 11) is 0. The van der Waals surface area contributed by atoms with E-state index in [0.717, 1.165) is 5.56 Å². The number of carbonyl (C=O) groups is 1. The molecule has 1 aliphatic heterocycles. The molecule has 1 heterocycles. The van der Waals surface area contributed by atoms with E-state index in [0.29, 0.717) is 24.2 Å². The summed E-state index contributed by atoms with van der Waals surface area (Å²) in [5, 5.41) is 6.95. The Hall–Kier alpha value is -2.96. The molecule has 0 spiro atoms. The molecule has 0 saturated carbocycles. The van der Waals surface area contributed by atoms with Crippen molar-refractivity contribution in [1.82, 2.24) is 10.2 Å². The molecule has 0 radical (unpaired) electrons. The number of carbonyl (C=O) groups excluding carboxylic acids is 1. The number of nitrogens with zero attached hydrogens (tertiary/aromatic N) is 2. The van der Waals surface area contributed by atoms with Gasteiger partial charge in [-0.05, 0) is 49.2 Å². The van der Waals surface area contributed by atoms with E-state index in [1.807, 2.05) is 13.8 Å². The first kappa shape index (κ1) is 19.8. The fourth-order valence-corrected chi connectivity index (χ4v) is 3.00. The Balaban J connectivity index is 1.67. The van der Waals surface area contributed by atoms with Crippen LogP contribution in [0, 0.1) is 11.6 Å². The predicted octanol–water partition coefficient (Wildman–Crippen LogP) is 4.08. The highest BCUT2D eigenvalue weighted by Gasteiger charge is 2.27. The van der Waals surface area contributed by atoms with Gasteiger partial charge in [0.25, 0.3) is 0 Å². The van der Waals surface area contributed by atoms with Crippen molar-refractivity contribution in [2.24, 2.45) is 5.16 Å². The molecule has 0 unspecified atom stereocenters. The molecule has 0 bridgehead atoms. The summed E-state index contributed by atoms with van der Waals surface area (Å²) in [5.74, 6) is -0.660. The third-order valence-electron chi connectivity index (χ3n) is 4.30. The van der Waals surface area contributed by atoms with E-state index in [1.54, 1.807) is 29.2 Å². The average molecular weight is 387 g/mol. The molecule has 0 saturated heterocycles. The lowest BCUT2D eigenvalue weighted by Crippen LogP contribution is -2.45. The Morgan fingerprint density at radius 3 is 2.64 bits per heavy atom. The van der Waals surface area contributed by atoms with Crippen molar-refractivity contribution in [3.8, 4) is 0 Å². The van der Waals surface area contributed by atoms with Crippen molar-refractivity contribution in [3.63, 3.8) is 0 Å². The standard InChI is InChI=1S/C21H23F2N3O2/c1-14(2)24-21(27)26(12-15-4-3-5-18(23)10-15)13-19-11-20(25-28-19)16-6-8-17(22)9-7-16/h3-10,14,19H,11-13H2,1-2H3,(H,24,27)/t19-/m1/s1. The van der Waals surface area contributed by atoms with Crippen LogP contribution in [0.1, 0.15) is 31.4 Å². The summed E-state index contributed by atoms with van der Waals surface area (Å²) >= 11 is 0. The highest BCUT2D eigenvalue weighted by Crippen LogP contribution is 2.19. The predicted molar refractivity (Wildman–Crippen MR) is 103 cm³/mol. The molecule has 2 aromatic rings. The summed E-state index contributed by atoms with van der Waals surface area (Å²) in [6, 6.07) is 11.9. The van der Waals surface area contributed by atoms with Crippen molar-refractivity contribution in [2.45, 2.75) is 39.0 Å². The summed E-state index contributed by atoms with van der Waals surface area (Å²) in [4.78, 5) is 19.7. The molecule has 0 aromatic heterocycles. The monoisotopic (exact) mass is 387 g/mol. The van der Waals surface area contributed by atoms with E-state index in [9.17, 15) is 13.6 Å². The van der Waals surface area contributed by atoms with Gasteiger partial charge in [0.1, 0.15) is 11.6 Å². The molecule has 2 aromatic carbocycles. The summed E-state index contributed by atoms with van der Waals surface area (Å²) < 4.78 is 26.6.